The number of benzene rings is 1. The van der Waals surface area contributed by atoms with Crippen LogP contribution in [0, 0.1) is 6.92 Å². The van der Waals surface area contributed by atoms with Crippen molar-refractivity contribution in [3.05, 3.63) is 50.6 Å². The number of para-hydroxylation sites is 1. The first-order valence-corrected chi connectivity index (χ1v) is 8.01. The Morgan fingerprint density at radius 1 is 1.32 bits per heavy atom. The number of halogens is 1. The van der Waals surface area contributed by atoms with Gasteiger partial charge in [0, 0.05) is 10.9 Å². The Morgan fingerprint density at radius 3 is 2.63 bits per heavy atom. The van der Waals surface area contributed by atoms with Gasteiger partial charge < -0.3 is 10.5 Å². The molecule has 2 N–H and O–H groups in total. The average molecular weight is 340 g/mol. The zero-order valence-corrected chi connectivity index (χ0v) is 13.5. The maximum absolute atomic E-state index is 6.24. The molecule has 0 aliphatic rings. The molecule has 0 saturated heterocycles. The summed E-state index contributed by atoms with van der Waals surface area (Å²) in [5.74, 6) is 0.837. The van der Waals surface area contributed by atoms with Gasteiger partial charge in [0.15, 0.2) is 0 Å². The van der Waals surface area contributed by atoms with E-state index in [0.717, 1.165) is 16.6 Å². The number of rotatable bonds is 5. The summed E-state index contributed by atoms with van der Waals surface area (Å²) in [6.45, 7) is 4.19. The predicted molar refractivity (Wildman–Crippen MR) is 84.8 cm³/mol. The maximum atomic E-state index is 6.24. The highest BCUT2D eigenvalue weighted by Gasteiger charge is 2.24. The van der Waals surface area contributed by atoms with Crippen molar-refractivity contribution in [2.45, 2.75) is 32.4 Å². The summed E-state index contributed by atoms with van der Waals surface area (Å²) in [5, 5.41) is 2.09. The molecule has 1 aromatic heterocycles. The van der Waals surface area contributed by atoms with Gasteiger partial charge in [-0.3, -0.25) is 0 Å². The van der Waals surface area contributed by atoms with Crippen LogP contribution in [0.5, 0.6) is 5.75 Å². The fourth-order valence-electron chi connectivity index (χ4n) is 1.90. The quantitative estimate of drug-likeness (QED) is 0.858. The summed E-state index contributed by atoms with van der Waals surface area (Å²) in [5.41, 5.74) is 7.48. The number of ether oxygens (including phenoxy) is 1. The summed E-state index contributed by atoms with van der Waals surface area (Å²) in [7, 11) is 0. The molecule has 2 nitrogen and oxygen atoms in total. The smallest absolute Gasteiger partial charge is 0.148 e. The molecule has 0 amide bonds. The second kappa shape index (κ2) is 6.55. The fourth-order valence-corrected chi connectivity index (χ4v) is 3.31. The zero-order chi connectivity index (χ0) is 13.8. The third kappa shape index (κ3) is 3.38. The van der Waals surface area contributed by atoms with Crippen LogP contribution in [0.3, 0.4) is 0 Å². The van der Waals surface area contributed by atoms with Crippen molar-refractivity contribution >= 4 is 27.3 Å². The predicted octanol–water partition coefficient (Wildman–Crippen LogP) is 4.68. The lowest BCUT2D eigenvalue weighted by Crippen LogP contribution is -2.31. The molecular formula is C15H18BrNOS. The van der Waals surface area contributed by atoms with Crippen molar-refractivity contribution in [2.24, 2.45) is 5.73 Å². The summed E-state index contributed by atoms with van der Waals surface area (Å²) >= 11 is 5.22. The summed E-state index contributed by atoms with van der Waals surface area (Å²) < 4.78 is 7.12. The molecule has 0 radical (unpaired) electrons. The van der Waals surface area contributed by atoms with Gasteiger partial charge in [-0.15, -0.1) is 11.3 Å². The topological polar surface area (TPSA) is 35.2 Å². The summed E-state index contributed by atoms with van der Waals surface area (Å²) in [6, 6.07) is 9.98. The summed E-state index contributed by atoms with van der Waals surface area (Å²) in [4.78, 5) is 1.21. The van der Waals surface area contributed by atoms with Gasteiger partial charge in [0.2, 0.25) is 0 Å². The molecule has 19 heavy (non-hydrogen) atoms. The molecule has 0 bridgehead atoms. The Bertz CT molecular complexity index is 540. The largest absolute Gasteiger partial charge is 0.482 e. The molecular weight excluding hydrogens is 322 g/mol. The second-order valence-electron chi connectivity index (χ2n) is 4.51. The maximum Gasteiger partial charge on any atom is 0.148 e. The van der Waals surface area contributed by atoms with E-state index in [1.807, 2.05) is 24.3 Å². The van der Waals surface area contributed by atoms with Crippen LogP contribution in [0.1, 0.15) is 29.9 Å². The third-order valence-electron chi connectivity index (χ3n) is 3.11. The van der Waals surface area contributed by atoms with E-state index < -0.39 is 0 Å². The van der Waals surface area contributed by atoms with Crippen LogP contribution < -0.4 is 10.5 Å². The minimum Gasteiger partial charge on any atom is -0.482 e. The van der Waals surface area contributed by atoms with Crippen LogP contribution >= 0.6 is 27.3 Å². The molecule has 2 unspecified atom stereocenters. The minimum absolute atomic E-state index is 0.00976. The van der Waals surface area contributed by atoms with Crippen LogP contribution in [0.25, 0.3) is 0 Å². The molecule has 1 aromatic carbocycles. The number of aryl methyl sites for hydroxylation is 1. The van der Waals surface area contributed by atoms with Crippen molar-refractivity contribution in [2.75, 3.05) is 0 Å². The van der Waals surface area contributed by atoms with Gasteiger partial charge in [0.25, 0.3) is 0 Å². The van der Waals surface area contributed by atoms with Crippen LogP contribution in [0.2, 0.25) is 0 Å². The first-order valence-electron chi connectivity index (χ1n) is 6.34. The summed E-state index contributed by atoms with van der Waals surface area (Å²) in [6.07, 6.45) is 0.788. The van der Waals surface area contributed by atoms with Crippen molar-refractivity contribution in [3.63, 3.8) is 0 Å². The fraction of sp³-hybridized carbons (Fsp3) is 0.333. The zero-order valence-electron chi connectivity index (χ0n) is 11.1. The number of hydrogen-bond acceptors (Lipinski definition) is 3. The Balaban J connectivity index is 2.30. The lowest BCUT2D eigenvalue weighted by Gasteiger charge is -2.24. The SMILES string of the molecule is CCC(N)C(Oc1ccccc1Br)c1sccc1C. The van der Waals surface area contributed by atoms with Crippen LogP contribution in [0.4, 0.5) is 0 Å². The van der Waals surface area contributed by atoms with E-state index in [0.29, 0.717) is 0 Å². The van der Waals surface area contributed by atoms with Gasteiger partial charge in [-0.25, -0.2) is 0 Å². The van der Waals surface area contributed by atoms with E-state index in [2.05, 4.69) is 41.2 Å². The molecule has 2 atom stereocenters. The van der Waals surface area contributed by atoms with Crippen molar-refractivity contribution in [1.82, 2.24) is 0 Å². The van der Waals surface area contributed by atoms with Crippen LogP contribution in [-0.2, 0) is 0 Å². The minimum atomic E-state index is -0.0938. The monoisotopic (exact) mass is 339 g/mol. The van der Waals surface area contributed by atoms with Gasteiger partial charge in [0.1, 0.15) is 11.9 Å². The van der Waals surface area contributed by atoms with Crippen LogP contribution in [0.15, 0.2) is 40.2 Å². The average Bonchev–Trinajstić information content (AvgIpc) is 2.83. The Kier molecular flexibility index (Phi) is 5.02. The highest BCUT2D eigenvalue weighted by atomic mass is 79.9. The molecule has 0 spiro atoms. The number of thiophene rings is 1. The molecule has 2 aromatic rings. The van der Waals surface area contributed by atoms with E-state index in [-0.39, 0.29) is 12.1 Å². The highest BCUT2D eigenvalue weighted by molar-refractivity contribution is 9.10. The first-order chi connectivity index (χ1) is 9.13. The van der Waals surface area contributed by atoms with E-state index in [4.69, 9.17) is 10.5 Å². The Labute approximate surface area is 126 Å². The third-order valence-corrected chi connectivity index (χ3v) is 4.85. The molecule has 102 valence electrons. The highest BCUT2D eigenvalue weighted by Crippen LogP contribution is 2.34. The number of nitrogens with two attached hydrogens (primary N) is 1. The lowest BCUT2D eigenvalue weighted by atomic mass is 10.1. The number of hydrogen-bond donors (Lipinski definition) is 1. The van der Waals surface area contributed by atoms with E-state index in [9.17, 15) is 0 Å². The van der Waals surface area contributed by atoms with Gasteiger partial charge in [-0.1, -0.05) is 19.1 Å². The molecule has 0 aliphatic heterocycles. The van der Waals surface area contributed by atoms with Crippen LogP contribution in [-0.4, -0.2) is 6.04 Å². The Morgan fingerprint density at radius 2 is 2.05 bits per heavy atom. The second-order valence-corrected chi connectivity index (χ2v) is 6.31. The molecule has 4 heteroatoms. The van der Waals surface area contributed by atoms with E-state index in [1.54, 1.807) is 11.3 Å². The molecule has 0 aliphatic carbocycles. The van der Waals surface area contributed by atoms with Gasteiger partial charge in [-0.2, -0.15) is 0 Å². The Hall–Kier alpha value is -0.840. The van der Waals surface area contributed by atoms with Gasteiger partial charge in [-0.05, 0) is 58.4 Å². The normalized spacial score (nSPS) is 14.1. The molecule has 1 heterocycles. The van der Waals surface area contributed by atoms with Crippen molar-refractivity contribution in [1.29, 1.82) is 0 Å². The van der Waals surface area contributed by atoms with E-state index in [1.165, 1.54) is 10.4 Å². The molecule has 0 saturated carbocycles. The lowest BCUT2D eigenvalue weighted by molar-refractivity contribution is 0.173. The van der Waals surface area contributed by atoms with Gasteiger partial charge >= 0.3 is 0 Å². The molecule has 0 fully saturated rings. The van der Waals surface area contributed by atoms with Crippen molar-refractivity contribution < 1.29 is 4.74 Å². The van der Waals surface area contributed by atoms with E-state index >= 15 is 0 Å². The molecule has 2 rings (SSSR count). The first kappa shape index (κ1) is 14.6. The van der Waals surface area contributed by atoms with Crippen molar-refractivity contribution in [3.8, 4) is 5.75 Å². The van der Waals surface area contributed by atoms with Gasteiger partial charge in [0.05, 0.1) is 4.47 Å². The standard InChI is InChI=1S/C15H18BrNOS/c1-3-12(17)14(15-10(2)8-9-19-15)18-13-7-5-4-6-11(13)16/h4-9,12,14H,3,17H2,1-2H3.